The van der Waals surface area contributed by atoms with Crippen LogP contribution in [0.25, 0.3) is 0 Å². The summed E-state index contributed by atoms with van der Waals surface area (Å²) in [7, 11) is 1.24. The third-order valence-corrected chi connectivity index (χ3v) is 7.59. The quantitative estimate of drug-likeness (QED) is 0.0495. The lowest BCUT2D eigenvalue weighted by molar-refractivity contribution is -0.394. The summed E-state index contributed by atoms with van der Waals surface area (Å²) >= 11 is 3.37. The van der Waals surface area contributed by atoms with Crippen LogP contribution in [0.3, 0.4) is 0 Å². The summed E-state index contributed by atoms with van der Waals surface area (Å²) in [5.74, 6) is -0.00661. The highest BCUT2D eigenvalue weighted by atomic mass is 79.9. The summed E-state index contributed by atoms with van der Waals surface area (Å²) in [5.41, 5.74) is 3.05. The lowest BCUT2D eigenvalue weighted by Gasteiger charge is -2.28. The van der Waals surface area contributed by atoms with E-state index < -0.39 is 45.5 Å². The number of nitro benzene ring substituents is 2. The maximum absolute atomic E-state index is 12.5. The molecule has 0 radical (unpaired) electrons. The number of non-ortho nitro benzene ring substituents is 1. The number of aliphatic hydroxyl groups is 1. The smallest absolute Gasteiger partial charge is 0.337 e. The Morgan fingerprint density at radius 1 is 1.02 bits per heavy atom. The number of esters is 1. The highest BCUT2D eigenvalue weighted by Gasteiger charge is 2.32. The van der Waals surface area contributed by atoms with Gasteiger partial charge >= 0.3 is 17.7 Å². The maximum Gasteiger partial charge on any atom is 0.337 e. The Kier molecular flexibility index (Phi) is 12.7. The van der Waals surface area contributed by atoms with Crippen molar-refractivity contribution < 1.29 is 48.2 Å². The van der Waals surface area contributed by atoms with Gasteiger partial charge in [-0.1, -0.05) is 6.07 Å². The van der Waals surface area contributed by atoms with Crippen LogP contribution in [-0.4, -0.2) is 66.3 Å². The minimum Gasteiger partial charge on any atom is -0.490 e. The number of hydrogen-bond donors (Lipinski definition) is 4. The molecule has 0 aliphatic carbocycles. The van der Waals surface area contributed by atoms with E-state index in [0.29, 0.717) is 27.0 Å². The number of aliphatic hydroxyl groups excluding tert-OH is 1. The normalized spacial score (nSPS) is 14.6. The number of rotatable bonds is 16. The third kappa shape index (κ3) is 9.40. The molecule has 0 saturated heterocycles. The van der Waals surface area contributed by atoms with Crippen LogP contribution in [0.4, 0.5) is 16.2 Å². The third-order valence-electron chi connectivity index (χ3n) is 7.00. The van der Waals surface area contributed by atoms with E-state index in [1.54, 1.807) is 45.0 Å². The molecule has 3 aromatic rings. The van der Waals surface area contributed by atoms with Crippen molar-refractivity contribution in [2.45, 2.75) is 33.0 Å². The number of ether oxygens (including phenoxy) is 5. The van der Waals surface area contributed by atoms with E-state index in [1.165, 1.54) is 19.4 Å². The predicted octanol–water partition coefficient (Wildman–Crippen LogP) is 4.98. The number of hydrazone groups is 1. The molecule has 0 bridgehead atoms. The van der Waals surface area contributed by atoms with Crippen molar-refractivity contribution in [3.8, 4) is 28.7 Å². The van der Waals surface area contributed by atoms with Gasteiger partial charge in [-0.2, -0.15) is 5.10 Å². The van der Waals surface area contributed by atoms with Crippen molar-refractivity contribution in [2.75, 3.05) is 26.9 Å². The fourth-order valence-corrected chi connectivity index (χ4v) is 5.34. The van der Waals surface area contributed by atoms with E-state index in [9.17, 15) is 34.9 Å². The van der Waals surface area contributed by atoms with Crippen molar-refractivity contribution in [2.24, 2.45) is 5.10 Å². The Hall–Kier alpha value is -5.95. The number of halogens is 1. The summed E-state index contributed by atoms with van der Waals surface area (Å²) in [6, 6.07) is 9.66. The number of nitro groups is 2. The van der Waals surface area contributed by atoms with Gasteiger partial charge in [0.25, 0.3) is 5.69 Å². The first-order chi connectivity index (χ1) is 24.4. The summed E-state index contributed by atoms with van der Waals surface area (Å²) in [5, 5.41) is 42.5. The van der Waals surface area contributed by atoms with Crippen LogP contribution in [-0.2, 0) is 9.53 Å². The molecule has 51 heavy (non-hydrogen) atoms. The van der Waals surface area contributed by atoms with Gasteiger partial charge in [-0.3, -0.25) is 25.7 Å². The van der Waals surface area contributed by atoms with Crippen LogP contribution in [0.2, 0.25) is 0 Å². The number of carbonyl (C=O) groups is 2. The van der Waals surface area contributed by atoms with E-state index in [2.05, 4.69) is 37.1 Å². The van der Waals surface area contributed by atoms with Crippen LogP contribution < -0.4 is 35.0 Å². The van der Waals surface area contributed by atoms with E-state index in [4.69, 9.17) is 23.7 Å². The van der Waals surface area contributed by atoms with Gasteiger partial charge in [0.1, 0.15) is 6.61 Å². The van der Waals surface area contributed by atoms with E-state index in [0.717, 1.165) is 18.2 Å². The Bertz CT molecular complexity index is 1890. The molecule has 1 heterocycles. The standard InChI is InChI=1S/C32H33BrN6O12/c1-5-48-25-13-19(29-28(31(41)47-4)17(3)35-32(42)36-29)7-9-24(25)50-16-27(40)37-34-15-18-11-21(33)30(26(12-18)49-6-2)51-23-10-8-20(38(43)44)14-22(23)39(45)46/h7-15,27,29,37,40H,5-6,16H2,1-4H3,(H2,35,36,42)/b34-15+/t27-,29+/m1/s1. The average Bonchev–Trinajstić information content (AvgIpc) is 3.08. The zero-order valence-electron chi connectivity index (χ0n) is 27.6. The summed E-state index contributed by atoms with van der Waals surface area (Å²) in [6.07, 6.45) is 0.0900. The predicted molar refractivity (Wildman–Crippen MR) is 184 cm³/mol. The molecular formula is C32H33BrN6O12. The number of nitrogens with zero attached hydrogens (tertiary/aromatic N) is 3. The molecule has 4 rings (SSSR count). The van der Waals surface area contributed by atoms with Gasteiger partial charge < -0.3 is 39.4 Å². The van der Waals surface area contributed by atoms with Gasteiger partial charge in [-0.25, -0.2) is 9.59 Å². The number of nitrogens with one attached hydrogen (secondary N) is 3. The lowest BCUT2D eigenvalue weighted by Crippen LogP contribution is -2.45. The van der Waals surface area contributed by atoms with Crippen LogP contribution in [0, 0.1) is 20.2 Å². The van der Waals surface area contributed by atoms with Crippen molar-refractivity contribution >= 4 is 45.5 Å². The van der Waals surface area contributed by atoms with Gasteiger partial charge in [-0.15, -0.1) is 0 Å². The van der Waals surface area contributed by atoms with Crippen LogP contribution in [0.1, 0.15) is 37.9 Å². The minimum absolute atomic E-state index is 0.0821. The molecular weight excluding hydrogens is 740 g/mol. The Balaban J connectivity index is 1.46. The fraction of sp³-hybridized carbons (Fsp3) is 0.281. The summed E-state index contributed by atoms with van der Waals surface area (Å²) in [6.45, 7) is 5.30. The van der Waals surface area contributed by atoms with Crippen LogP contribution in [0.5, 0.6) is 28.7 Å². The molecule has 0 unspecified atom stereocenters. The average molecular weight is 774 g/mol. The highest BCUT2D eigenvalue weighted by molar-refractivity contribution is 9.10. The van der Waals surface area contributed by atoms with Gasteiger partial charge in [0, 0.05) is 11.8 Å². The zero-order valence-corrected chi connectivity index (χ0v) is 29.2. The van der Waals surface area contributed by atoms with Gasteiger partial charge in [0.2, 0.25) is 5.75 Å². The van der Waals surface area contributed by atoms with Crippen molar-refractivity contribution in [3.05, 3.63) is 95.6 Å². The molecule has 0 aromatic heterocycles. The van der Waals surface area contributed by atoms with Crippen LogP contribution in [0.15, 0.2) is 69.4 Å². The molecule has 19 heteroatoms. The highest BCUT2D eigenvalue weighted by Crippen LogP contribution is 2.43. The molecule has 2 amide bonds. The second kappa shape index (κ2) is 17.1. The molecule has 0 saturated carbocycles. The minimum atomic E-state index is -1.28. The van der Waals surface area contributed by atoms with Crippen molar-refractivity contribution in [1.82, 2.24) is 16.1 Å². The van der Waals surface area contributed by atoms with E-state index in [-0.39, 0.29) is 48.4 Å². The largest absolute Gasteiger partial charge is 0.490 e. The van der Waals surface area contributed by atoms with Crippen molar-refractivity contribution in [3.63, 3.8) is 0 Å². The molecule has 0 fully saturated rings. The molecule has 2 atom stereocenters. The van der Waals surface area contributed by atoms with E-state index in [1.807, 2.05) is 0 Å². The number of amides is 2. The molecule has 18 nitrogen and oxygen atoms in total. The van der Waals surface area contributed by atoms with E-state index >= 15 is 0 Å². The van der Waals surface area contributed by atoms with Crippen LogP contribution >= 0.6 is 15.9 Å². The maximum atomic E-state index is 12.5. The molecule has 1 aliphatic rings. The Labute approximate surface area is 298 Å². The number of hydrogen-bond acceptors (Lipinski definition) is 14. The number of urea groups is 1. The summed E-state index contributed by atoms with van der Waals surface area (Å²) in [4.78, 5) is 45.8. The first-order valence-corrected chi connectivity index (χ1v) is 16.0. The first-order valence-electron chi connectivity index (χ1n) is 15.2. The molecule has 1 aliphatic heterocycles. The summed E-state index contributed by atoms with van der Waals surface area (Å²) < 4.78 is 28.2. The molecule has 4 N–H and O–H groups in total. The number of carbonyl (C=O) groups excluding carboxylic acids is 2. The molecule has 270 valence electrons. The first kappa shape index (κ1) is 37.9. The van der Waals surface area contributed by atoms with Gasteiger partial charge in [-0.05, 0) is 78.2 Å². The Morgan fingerprint density at radius 2 is 1.73 bits per heavy atom. The number of benzene rings is 3. The second-order valence-corrected chi connectivity index (χ2v) is 11.3. The zero-order chi connectivity index (χ0) is 37.2. The van der Waals surface area contributed by atoms with Crippen molar-refractivity contribution in [1.29, 1.82) is 0 Å². The fourth-order valence-electron chi connectivity index (χ4n) is 4.80. The SMILES string of the molecule is CCOc1cc([C@@H]2NC(=O)NC(C)=C2C(=O)OC)ccc1OC[C@@H](O)N/N=C/c1cc(Br)c(Oc2ccc([N+](=O)[O-])cc2[N+](=O)[O-])c(OCC)c1. The molecule has 3 aromatic carbocycles. The number of allylic oxidation sites excluding steroid dienone is 1. The monoisotopic (exact) mass is 772 g/mol. The topological polar surface area (TPSA) is 235 Å². The molecule has 0 spiro atoms. The van der Waals surface area contributed by atoms with Gasteiger partial charge in [0.05, 0.1) is 58.5 Å². The van der Waals surface area contributed by atoms with Gasteiger partial charge in [0.15, 0.2) is 29.2 Å². The lowest BCUT2D eigenvalue weighted by atomic mass is 9.95. The second-order valence-electron chi connectivity index (χ2n) is 10.4. The Morgan fingerprint density at radius 3 is 2.39 bits per heavy atom. The number of methoxy groups -OCH3 is 1.